The average molecular weight is 387 g/mol. The second-order valence-electron chi connectivity index (χ2n) is 6.97. The van der Waals surface area contributed by atoms with Gasteiger partial charge in [-0.05, 0) is 67.7 Å². The topological polar surface area (TPSA) is 41.6 Å². The Balaban J connectivity index is 1.58. The summed E-state index contributed by atoms with van der Waals surface area (Å²) in [5, 5.41) is 3.85. The summed E-state index contributed by atoms with van der Waals surface area (Å²) < 4.78 is 5.37. The Morgan fingerprint density at radius 1 is 1.19 bits per heavy atom. The molecule has 4 nitrogen and oxygen atoms in total. The zero-order valence-electron chi connectivity index (χ0n) is 15.8. The van der Waals surface area contributed by atoms with Gasteiger partial charge in [0, 0.05) is 18.0 Å². The van der Waals surface area contributed by atoms with Crippen LogP contribution >= 0.6 is 11.6 Å². The highest BCUT2D eigenvalue weighted by Crippen LogP contribution is 2.27. The first-order valence-electron chi connectivity index (χ1n) is 9.55. The fourth-order valence-corrected chi connectivity index (χ4v) is 3.69. The number of methoxy groups -OCH3 is 1. The molecule has 1 fully saturated rings. The van der Waals surface area contributed by atoms with E-state index < -0.39 is 0 Å². The molecule has 1 amide bonds. The van der Waals surface area contributed by atoms with Crippen LogP contribution in [0.25, 0.3) is 0 Å². The summed E-state index contributed by atoms with van der Waals surface area (Å²) in [5.74, 6) is 0.933. The van der Waals surface area contributed by atoms with Gasteiger partial charge in [0.25, 0.3) is 0 Å². The van der Waals surface area contributed by atoms with Gasteiger partial charge >= 0.3 is 0 Å². The van der Waals surface area contributed by atoms with Crippen LogP contribution in [0.2, 0.25) is 5.02 Å². The van der Waals surface area contributed by atoms with E-state index in [1.54, 1.807) is 7.11 Å². The summed E-state index contributed by atoms with van der Waals surface area (Å²) in [4.78, 5) is 14.8. The van der Waals surface area contributed by atoms with Crippen LogP contribution in [0.15, 0.2) is 48.5 Å². The van der Waals surface area contributed by atoms with Gasteiger partial charge in [-0.2, -0.15) is 0 Å². The Morgan fingerprint density at radius 2 is 1.93 bits per heavy atom. The predicted molar refractivity (Wildman–Crippen MR) is 109 cm³/mol. The number of likely N-dealkylation sites (tertiary alicyclic amines) is 1. The minimum Gasteiger partial charge on any atom is -0.497 e. The number of nitrogens with zero attached hydrogens (tertiary/aromatic N) is 1. The number of hydrogen-bond donors (Lipinski definition) is 1. The van der Waals surface area contributed by atoms with Crippen LogP contribution in [-0.2, 0) is 11.2 Å². The fraction of sp³-hybridized carbons (Fsp3) is 0.409. The van der Waals surface area contributed by atoms with Crippen molar-refractivity contribution in [2.24, 2.45) is 0 Å². The van der Waals surface area contributed by atoms with Crippen molar-refractivity contribution < 1.29 is 9.53 Å². The van der Waals surface area contributed by atoms with E-state index in [1.165, 1.54) is 18.4 Å². The van der Waals surface area contributed by atoms with Crippen LogP contribution in [0.3, 0.4) is 0 Å². The minimum absolute atomic E-state index is 0.0806. The number of hydrogen-bond acceptors (Lipinski definition) is 3. The molecule has 0 saturated carbocycles. The van der Waals surface area contributed by atoms with Crippen molar-refractivity contribution in [2.45, 2.75) is 31.7 Å². The van der Waals surface area contributed by atoms with E-state index in [0.29, 0.717) is 13.0 Å². The van der Waals surface area contributed by atoms with Gasteiger partial charge < -0.3 is 10.1 Å². The molecule has 1 aliphatic heterocycles. The van der Waals surface area contributed by atoms with E-state index in [2.05, 4.69) is 22.3 Å². The third-order valence-corrected chi connectivity index (χ3v) is 5.36. The molecule has 0 bridgehead atoms. The largest absolute Gasteiger partial charge is 0.497 e. The molecule has 0 aliphatic carbocycles. The van der Waals surface area contributed by atoms with E-state index >= 15 is 0 Å². The highest BCUT2D eigenvalue weighted by Gasteiger charge is 2.24. The molecule has 0 spiro atoms. The van der Waals surface area contributed by atoms with Crippen molar-refractivity contribution in [1.82, 2.24) is 10.2 Å². The number of rotatable bonds is 8. The zero-order valence-corrected chi connectivity index (χ0v) is 16.5. The van der Waals surface area contributed by atoms with Gasteiger partial charge in [-0.15, -0.1) is 0 Å². The van der Waals surface area contributed by atoms with Crippen molar-refractivity contribution in [3.63, 3.8) is 0 Å². The molecule has 1 saturated heterocycles. The molecule has 1 heterocycles. The third-order valence-electron chi connectivity index (χ3n) is 5.11. The Labute approximate surface area is 166 Å². The molecule has 1 N–H and O–H groups in total. The maximum absolute atomic E-state index is 12.4. The summed E-state index contributed by atoms with van der Waals surface area (Å²) in [6.45, 7) is 2.76. The average Bonchev–Trinajstić information content (AvgIpc) is 3.22. The number of amides is 1. The molecule has 144 valence electrons. The maximum atomic E-state index is 12.4. The van der Waals surface area contributed by atoms with Crippen LogP contribution < -0.4 is 10.1 Å². The predicted octanol–water partition coefficient (Wildman–Crippen LogP) is 4.23. The van der Waals surface area contributed by atoms with Gasteiger partial charge in [-0.1, -0.05) is 35.9 Å². The molecule has 2 aromatic carbocycles. The number of benzene rings is 2. The van der Waals surface area contributed by atoms with E-state index in [0.717, 1.165) is 35.8 Å². The standard InChI is InChI=1S/C22H27ClN2O2/c1-27-20-6-4-5-18(15-20)21(25-13-2-3-14-25)16-24-22(26)12-9-17-7-10-19(23)11-8-17/h4-8,10-11,15,21H,2-3,9,12-14,16H2,1H3,(H,24,26). The minimum atomic E-state index is 0.0806. The van der Waals surface area contributed by atoms with Gasteiger partial charge in [0.05, 0.1) is 13.2 Å². The highest BCUT2D eigenvalue weighted by molar-refractivity contribution is 6.30. The van der Waals surface area contributed by atoms with E-state index in [1.807, 2.05) is 36.4 Å². The first kappa shape index (κ1) is 19.7. The van der Waals surface area contributed by atoms with Gasteiger partial charge in [-0.25, -0.2) is 0 Å². The number of aryl methyl sites for hydroxylation is 1. The summed E-state index contributed by atoms with van der Waals surface area (Å²) in [6, 6.07) is 16.0. The number of ether oxygens (including phenoxy) is 1. The van der Waals surface area contributed by atoms with Crippen molar-refractivity contribution in [3.05, 3.63) is 64.7 Å². The summed E-state index contributed by atoms with van der Waals surface area (Å²) in [5.41, 5.74) is 2.31. The molecule has 3 rings (SSSR count). The number of halogens is 1. The molecule has 1 aliphatic rings. The summed E-state index contributed by atoms with van der Waals surface area (Å²) in [7, 11) is 1.68. The second-order valence-corrected chi connectivity index (χ2v) is 7.40. The highest BCUT2D eigenvalue weighted by atomic mass is 35.5. The normalized spacial score (nSPS) is 15.5. The summed E-state index contributed by atoms with van der Waals surface area (Å²) in [6.07, 6.45) is 3.62. The Kier molecular flexibility index (Phi) is 7.13. The van der Waals surface area contributed by atoms with Gasteiger partial charge in [0.1, 0.15) is 5.75 Å². The van der Waals surface area contributed by atoms with Crippen LogP contribution in [0.4, 0.5) is 0 Å². The quantitative estimate of drug-likeness (QED) is 0.738. The lowest BCUT2D eigenvalue weighted by atomic mass is 10.0. The van der Waals surface area contributed by atoms with E-state index in [9.17, 15) is 4.79 Å². The molecule has 1 atom stereocenters. The van der Waals surface area contributed by atoms with Crippen LogP contribution in [0.5, 0.6) is 5.75 Å². The van der Waals surface area contributed by atoms with Gasteiger partial charge in [-0.3, -0.25) is 9.69 Å². The molecule has 27 heavy (non-hydrogen) atoms. The number of carbonyl (C=O) groups excluding carboxylic acids is 1. The molecule has 0 radical (unpaired) electrons. The number of carbonyl (C=O) groups is 1. The smallest absolute Gasteiger partial charge is 0.220 e. The van der Waals surface area contributed by atoms with Crippen molar-refractivity contribution >= 4 is 17.5 Å². The number of nitrogens with one attached hydrogen (secondary N) is 1. The van der Waals surface area contributed by atoms with E-state index in [4.69, 9.17) is 16.3 Å². The third kappa shape index (κ3) is 5.72. The first-order chi connectivity index (χ1) is 13.2. The molecule has 1 unspecified atom stereocenters. The van der Waals surface area contributed by atoms with Crippen LogP contribution in [0.1, 0.15) is 36.4 Å². The molecular formula is C22H27ClN2O2. The Morgan fingerprint density at radius 3 is 2.63 bits per heavy atom. The molecule has 2 aromatic rings. The lowest BCUT2D eigenvalue weighted by molar-refractivity contribution is -0.121. The SMILES string of the molecule is COc1cccc(C(CNC(=O)CCc2ccc(Cl)cc2)N2CCCC2)c1. The Hall–Kier alpha value is -2.04. The molecular weight excluding hydrogens is 360 g/mol. The van der Waals surface area contributed by atoms with Crippen LogP contribution in [0, 0.1) is 0 Å². The zero-order chi connectivity index (χ0) is 19.1. The second kappa shape index (κ2) is 9.77. The summed E-state index contributed by atoms with van der Waals surface area (Å²) >= 11 is 5.91. The Bertz CT molecular complexity index is 742. The fourth-order valence-electron chi connectivity index (χ4n) is 3.57. The lowest BCUT2D eigenvalue weighted by Crippen LogP contribution is -2.36. The lowest BCUT2D eigenvalue weighted by Gasteiger charge is -2.28. The van der Waals surface area contributed by atoms with Crippen molar-refractivity contribution in [3.8, 4) is 5.75 Å². The monoisotopic (exact) mass is 386 g/mol. The maximum Gasteiger partial charge on any atom is 0.220 e. The van der Waals surface area contributed by atoms with Crippen molar-refractivity contribution in [2.75, 3.05) is 26.7 Å². The van der Waals surface area contributed by atoms with E-state index in [-0.39, 0.29) is 11.9 Å². The van der Waals surface area contributed by atoms with Crippen LogP contribution in [-0.4, -0.2) is 37.6 Å². The molecule has 0 aromatic heterocycles. The van der Waals surface area contributed by atoms with Gasteiger partial charge in [0.15, 0.2) is 0 Å². The first-order valence-corrected chi connectivity index (χ1v) is 9.92. The molecule has 5 heteroatoms. The van der Waals surface area contributed by atoms with Crippen molar-refractivity contribution in [1.29, 1.82) is 0 Å². The van der Waals surface area contributed by atoms with Gasteiger partial charge in [0.2, 0.25) is 5.91 Å².